The summed E-state index contributed by atoms with van der Waals surface area (Å²) in [5.41, 5.74) is 0. The van der Waals surface area contributed by atoms with Gasteiger partial charge in [0.15, 0.2) is 0 Å². The fourth-order valence-corrected chi connectivity index (χ4v) is 2.57. The first-order chi connectivity index (χ1) is 6.31. The van der Waals surface area contributed by atoms with E-state index in [9.17, 15) is 4.79 Å². The molecule has 2 rings (SSSR count). The molecule has 1 heterocycles. The van der Waals surface area contributed by atoms with Crippen LogP contribution in [0, 0.1) is 11.8 Å². The molecule has 0 aromatic heterocycles. The number of carbonyl (C=O) groups is 1. The predicted molar refractivity (Wildman–Crippen MR) is 49.3 cm³/mol. The zero-order valence-corrected chi connectivity index (χ0v) is 8.08. The molecule has 1 saturated heterocycles. The number of hydrogen-bond acceptors (Lipinski definition) is 3. The number of carbonyl (C=O) groups excluding carboxylic acids is 1. The molecule has 3 heteroatoms. The smallest absolute Gasteiger partial charge is 0.323 e. The fourth-order valence-electron chi connectivity index (χ4n) is 2.57. The molecule has 3 atom stereocenters. The van der Waals surface area contributed by atoms with Gasteiger partial charge in [0.2, 0.25) is 0 Å². The summed E-state index contributed by atoms with van der Waals surface area (Å²) < 4.78 is 5.03. The molecule has 3 nitrogen and oxygen atoms in total. The van der Waals surface area contributed by atoms with Crippen LogP contribution in [0.1, 0.15) is 26.2 Å². The number of hydrogen-bond donors (Lipinski definition) is 1. The molecule has 0 amide bonds. The maximum absolute atomic E-state index is 11.5. The lowest BCUT2D eigenvalue weighted by Crippen LogP contribution is -2.47. The third kappa shape index (κ3) is 1.70. The topological polar surface area (TPSA) is 38.3 Å². The van der Waals surface area contributed by atoms with Crippen molar-refractivity contribution in [1.82, 2.24) is 5.32 Å². The molecular formula is C10H17NO2. The van der Waals surface area contributed by atoms with E-state index in [1.54, 1.807) is 0 Å². The highest BCUT2D eigenvalue weighted by Gasteiger charge is 2.39. The molecule has 1 saturated carbocycles. The van der Waals surface area contributed by atoms with Crippen LogP contribution in [0.2, 0.25) is 0 Å². The van der Waals surface area contributed by atoms with Crippen molar-refractivity contribution >= 4 is 5.97 Å². The Bertz CT molecular complexity index is 205. The molecule has 0 aromatic rings. The third-order valence-corrected chi connectivity index (χ3v) is 3.22. The minimum Gasteiger partial charge on any atom is -0.465 e. The Morgan fingerprint density at radius 2 is 2.38 bits per heavy atom. The fraction of sp³-hybridized carbons (Fsp3) is 0.900. The number of rotatable bonds is 2. The standard InChI is InChI=1S/C10H17NO2/c1-2-13-10(12)9-8-4-3-7(5-8)6-11-9/h7-9,11H,2-6H2,1H3/t7-,8+,9-/m1/s1. The second-order valence-corrected chi connectivity index (χ2v) is 4.08. The zero-order valence-electron chi connectivity index (χ0n) is 8.08. The molecule has 0 spiro atoms. The maximum atomic E-state index is 11.5. The third-order valence-electron chi connectivity index (χ3n) is 3.22. The van der Waals surface area contributed by atoms with Gasteiger partial charge in [-0.3, -0.25) is 4.79 Å². The zero-order chi connectivity index (χ0) is 9.26. The molecule has 2 bridgehead atoms. The number of fused-ring (bicyclic) bond motifs is 2. The lowest BCUT2D eigenvalue weighted by Gasteiger charge is -2.28. The van der Waals surface area contributed by atoms with Crippen LogP contribution in [0.3, 0.4) is 0 Å². The van der Waals surface area contributed by atoms with Crippen LogP contribution in [0.25, 0.3) is 0 Å². The highest BCUT2D eigenvalue weighted by molar-refractivity contribution is 5.76. The molecule has 74 valence electrons. The molecule has 0 aromatic carbocycles. The van der Waals surface area contributed by atoms with E-state index >= 15 is 0 Å². The van der Waals surface area contributed by atoms with E-state index in [0.29, 0.717) is 12.5 Å². The summed E-state index contributed by atoms with van der Waals surface area (Å²) in [5, 5.41) is 3.29. The lowest BCUT2D eigenvalue weighted by molar-refractivity contribution is -0.147. The van der Waals surface area contributed by atoms with Crippen molar-refractivity contribution in [1.29, 1.82) is 0 Å². The summed E-state index contributed by atoms with van der Waals surface area (Å²) in [4.78, 5) is 11.5. The minimum atomic E-state index is -0.0483. The van der Waals surface area contributed by atoms with Crippen LogP contribution in [0.15, 0.2) is 0 Å². The molecule has 0 unspecified atom stereocenters. The van der Waals surface area contributed by atoms with E-state index in [4.69, 9.17) is 4.74 Å². The van der Waals surface area contributed by atoms with Gasteiger partial charge in [-0.15, -0.1) is 0 Å². The Hall–Kier alpha value is -0.570. The molecule has 1 aliphatic heterocycles. The summed E-state index contributed by atoms with van der Waals surface area (Å²) in [5.74, 6) is 1.31. The maximum Gasteiger partial charge on any atom is 0.323 e. The first-order valence-corrected chi connectivity index (χ1v) is 5.21. The van der Waals surface area contributed by atoms with Crippen molar-refractivity contribution in [3.05, 3.63) is 0 Å². The average molecular weight is 183 g/mol. The normalized spacial score (nSPS) is 37.5. The van der Waals surface area contributed by atoms with E-state index < -0.39 is 0 Å². The van der Waals surface area contributed by atoms with Crippen molar-refractivity contribution in [2.75, 3.05) is 13.2 Å². The van der Waals surface area contributed by atoms with Crippen molar-refractivity contribution < 1.29 is 9.53 Å². The van der Waals surface area contributed by atoms with Gasteiger partial charge < -0.3 is 10.1 Å². The van der Waals surface area contributed by atoms with Gasteiger partial charge in [-0.1, -0.05) is 0 Å². The van der Waals surface area contributed by atoms with Gasteiger partial charge in [-0.05, 0) is 44.6 Å². The highest BCUT2D eigenvalue weighted by atomic mass is 16.5. The van der Waals surface area contributed by atoms with Crippen molar-refractivity contribution in [2.45, 2.75) is 32.2 Å². The van der Waals surface area contributed by atoms with Crippen LogP contribution >= 0.6 is 0 Å². The molecule has 2 fully saturated rings. The molecule has 13 heavy (non-hydrogen) atoms. The van der Waals surface area contributed by atoms with Gasteiger partial charge in [0, 0.05) is 0 Å². The minimum absolute atomic E-state index is 0.0151. The second kappa shape index (κ2) is 3.66. The molecule has 2 aliphatic rings. The first kappa shape index (κ1) is 9.00. The first-order valence-electron chi connectivity index (χ1n) is 5.21. The quantitative estimate of drug-likeness (QED) is 0.647. The van der Waals surface area contributed by atoms with Gasteiger partial charge in [0.1, 0.15) is 6.04 Å². The Morgan fingerprint density at radius 1 is 1.54 bits per heavy atom. The van der Waals surface area contributed by atoms with Crippen LogP contribution in [0.4, 0.5) is 0 Å². The Labute approximate surface area is 78.8 Å². The number of nitrogens with one attached hydrogen (secondary N) is 1. The number of esters is 1. The monoisotopic (exact) mass is 183 g/mol. The summed E-state index contributed by atoms with van der Waals surface area (Å²) in [7, 11) is 0. The Balaban J connectivity index is 1.95. The predicted octanol–water partition coefficient (Wildman–Crippen LogP) is 0.938. The summed E-state index contributed by atoms with van der Waals surface area (Å²) in [6.45, 7) is 3.35. The highest BCUT2D eigenvalue weighted by Crippen LogP contribution is 2.36. The second-order valence-electron chi connectivity index (χ2n) is 4.08. The van der Waals surface area contributed by atoms with E-state index in [-0.39, 0.29) is 12.0 Å². The van der Waals surface area contributed by atoms with E-state index in [1.165, 1.54) is 19.3 Å². The van der Waals surface area contributed by atoms with Crippen LogP contribution in [0.5, 0.6) is 0 Å². The number of piperidine rings is 1. The summed E-state index contributed by atoms with van der Waals surface area (Å²) in [6.07, 6.45) is 3.70. The largest absolute Gasteiger partial charge is 0.465 e. The molecule has 1 N–H and O–H groups in total. The van der Waals surface area contributed by atoms with Crippen LogP contribution in [-0.2, 0) is 9.53 Å². The SMILES string of the molecule is CCOC(=O)[C@@H]1NC[C@@H]2CC[C@H]1C2. The number of ether oxygens (including phenoxy) is 1. The Kier molecular flexibility index (Phi) is 2.54. The van der Waals surface area contributed by atoms with Gasteiger partial charge >= 0.3 is 5.97 Å². The van der Waals surface area contributed by atoms with Gasteiger partial charge in [0.25, 0.3) is 0 Å². The van der Waals surface area contributed by atoms with Crippen molar-refractivity contribution in [2.24, 2.45) is 11.8 Å². The molecule has 1 aliphatic carbocycles. The Morgan fingerprint density at radius 3 is 3.15 bits per heavy atom. The van der Waals surface area contributed by atoms with Crippen molar-refractivity contribution in [3.8, 4) is 0 Å². The van der Waals surface area contributed by atoms with Gasteiger partial charge in [-0.25, -0.2) is 0 Å². The van der Waals surface area contributed by atoms with E-state index in [2.05, 4.69) is 5.32 Å². The van der Waals surface area contributed by atoms with E-state index in [1.807, 2.05) is 6.92 Å². The molecular weight excluding hydrogens is 166 g/mol. The van der Waals surface area contributed by atoms with Crippen molar-refractivity contribution in [3.63, 3.8) is 0 Å². The van der Waals surface area contributed by atoms with Gasteiger partial charge in [-0.2, -0.15) is 0 Å². The summed E-state index contributed by atoms with van der Waals surface area (Å²) >= 11 is 0. The van der Waals surface area contributed by atoms with Crippen LogP contribution in [-0.4, -0.2) is 25.2 Å². The van der Waals surface area contributed by atoms with E-state index in [0.717, 1.165) is 12.5 Å². The molecule has 0 radical (unpaired) electrons. The van der Waals surface area contributed by atoms with Crippen LogP contribution < -0.4 is 5.32 Å². The lowest BCUT2D eigenvalue weighted by atomic mass is 9.93. The average Bonchev–Trinajstić information content (AvgIpc) is 2.48. The van der Waals surface area contributed by atoms with Gasteiger partial charge in [0.05, 0.1) is 6.61 Å². The summed E-state index contributed by atoms with van der Waals surface area (Å²) in [6, 6.07) is -0.0151.